The molecule has 2 amide bonds. The Morgan fingerprint density at radius 2 is 1.86 bits per heavy atom. The Morgan fingerprint density at radius 3 is 2.49 bits per heavy atom. The molecule has 0 saturated heterocycles. The maximum atomic E-state index is 13.5. The fraction of sp³-hybridized carbons (Fsp3) is 0.560. The number of rotatable bonds is 7. The quantitative estimate of drug-likeness (QED) is 0.589. The fourth-order valence-corrected chi connectivity index (χ4v) is 4.01. The predicted octanol–water partition coefficient (Wildman–Crippen LogP) is 3.46. The van der Waals surface area contributed by atoms with Crippen LogP contribution in [0.15, 0.2) is 18.2 Å². The van der Waals surface area contributed by atoms with Crippen LogP contribution in [0, 0.1) is 0 Å². The molecule has 0 unspecified atom stereocenters. The van der Waals surface area contributed by atoms with Gasteiger partial charge in [0.05, 0.1) is 33.1 Å². The highest BCUT2D eigenvalue weighted by Gasteiger charge is 2.31. The van der Waals surface area contributed by atoms with Crippen LogP contribution in [0.25, 0.3) is 0 Å². The molecule has 10 heteroatoms. The van der Waals surface area contributed by atoms with Crippen LogP contribution >= 0.6 is 0 Å². The molecule has 0 bridgehead atoms. The van der Waals surface area contributed by atoms with Gasteiger partial charge in [-0.1, -0.05) is 0 Å². The summed E-state index contributed by atoms with van der Waals surface area (Å²) in [4.78, 5) is 29.5. The van der Waals surface area contributed by atoms with Crippen molar-refractivity contribution in [2.45, 2.75) is 59.0 Å². The van der Waals surface area contributed by atoms with E-state index in [1.165, 1.54) is 0 Å². The van der Waals surface area contributed by atoms with E-state index in [1.54, 1.807) is 44.2 Å². The van der Waals surface area contributed by atoms with Gasteiger partial charge in [-0.2, -0.15) is 5.10 Å². The number of ether oxygens (including phenoxy) is 4. The monoisotopic (exact) mass is 488 g/mol. The van der Waals surface area contributed by atoms with E-state index in [4.69, 9.17) is 18.9 Å². The van der Waals surface area contributed by atoms with Gasteiger partial charge in [0, 0.05) is 51.0 Å². The highest BCUT2D eigenvalue weighted by Crippen LogP contribution is 2.27. The Hall–Kier alpha value is -3.27. The van der Waals surface area contributed by atoms with Crippen molar-refractivity contribution in [1.82, 2.24) is 19.6 Å². The molecule has 10 nitrogen and oxygen atoms in total. The first-order valence-electron chi connectivity index (χ1n) is 11.6. The zero-order chi connectivity index (χ0) is 25.8. The molecule has 1 aromatic heterocycles. The molecule has 2 heterocycles. The van der Waals surface area contributed by atoms with Crippen LogP contribution in [0.4, 0.5) is 4.79 Å². The average molecular weight is 489 g/mol. The summed E-state index contributed by atoms with van der Waals surface area (Å²) in [6.45, 7) is 7.49. The van der Waals surface area contributed by atoms with Gasteiger partial charge in [-0.3, -0.25) is 9.48 Å². The molecule has 0 spiro atoms. The molecule has 1 aliphatic rings. The van der Waals surface area contributed by atoms with Crippen LogP contribution < -0.4 is 9.47 Å². The molecule has 35 heavy (non-hydrogen) atoms. The number of hydrogen-bond acceptors (Lipinski definition) is 7. The molecule has 0 fully saturated rings. The van der Waals surface area contributed by atoms with Gasteiger partial charge in [0.1, 0.15) is 17.1 Å². The van der Waals surface area contributed by atoms with E-state index in [0.717, 1.165) is 11.3 Å². The summed E-state index contributed by atoms with van der Waals surface area (Å²) >= 11 is 0. The van der Waals surface area contributed by atoms with Crippen LogP contribution in [-0.2, 0) is 35.7 Å². The molecule has 0 N–H and O–H groups in total. The summed E-state index contributed by atoms with van der Waals surface area (Å²) in [5, 5.41) is 4.65. The highest BCUT2D eigenvalue weighted by atomic mass is 16.6. The van der Waals surface area contributed by atoms with Gasteiger partial charge in [0.2, 0.25) is 0 Å². The van der Waals surface area contributed by atoms with Crippen LogP contribution in [0.2, 0.25) is 0 Å². The summed E-state index contributed by atoms with van der Waals surface area (Å²) in [5.41, 5.74) is 2.04. The maximum absolute atomic E-state index is 13.5. The standard InChI is InChI=1S/C25H36N4O6/c1-25(2,3)35-24(31)28-11-8-12-29-20(15-28)19(16-32-5)22(26-29)23(30)27(4)14-17-9-10-18(33-6)13-21(17)34-7/h9-10,13H,8,11-12,14-16H2,1-7H3. The number of carbonyl (C=O) groups is 2. The Labute approximate surface area is 206 Å². The molecule has 0 atom stereocenters. The number of nitrogens with zero attached hydrogens (tertiary/aromatic N) is 4. The van der Waals surface area contributed by atoms with E-state index < -0.39 is 5.60 Å². The molecule has 192 valence electrons. The molecular formula is C25H36N4O6. The van der Waals surface area contributed by atoms with Crippen molar-refractivity contribution in [2.24, 2.45) is 0 Å². The summed E-state index contributed by atoms with van der Waals surface area (Å²) < 4.78 is 23.6. The number of fused-ring (bicyclic) bond motifs is 1. The number of aromatic nitrogens is 2. The lowest BCUT2D eigenvalue weighted by molar-refractivity contribution is 0.0235. The minimum atomic E-state index is -0.592. The number of aryl methyl sites for hydroxylation is 1. The third kappa shape index (κ3) is 6.25. The summed E-state index contributed by atoms with van der Waals surface area (Å²) in [6, 6.07) is 5.49. The van der Waals surface area contributed by atoms with Crippen molar-refractivity contribution in [3.05, 3.63) is 40.7 Å². The lowest BCUT2D eigenvalue weighted by Crippen LogP contribution is -2.36. The van der Waals surface area contributed by atoms with Crippen molar-refractivity contribution >= 4 is 12.0 Å². The number of hydrogen-bond donors (Lipinski definition) is 0. The van der Waals surface area contributed by atoms with Crippen LogP contribution in [-0.4, -0.2) is 72.1 Å². The molecular weight excluding hydrogens is 452 g/mol. The Balaban J connectivity index is 1.87. The number of methoxy groups -OCH3 is 3. The normalized spacial score (nSPS) is 13.6. The van der Waals surface area contributed by atoms with E-state index in [1.807, 2.05) is 37.6 Å². The third-order valence-electron chi connectivity index (χ3n) is 5.70. The Kier molecular flexibility index (Phi) is 8.26. The van der Waals surface area contributed by atoms with Crippen molar-refractivity contribution in [3.8, 4) is 11.5 Å². The van der Waals surface area contributed by atoms with Gasteiger partial charge in [0.25, 0.3) is 5.91 Å². The van der Waals surface area contributed by atoms with Crippen molar-refractivity contribution in [3.63, 3.8) is 0 Å². The smallest absolute Gasteiger partial charge is 0.410 e. The highest BCUT2D eigenvalue weighted by molar-refractivity contribution is 5.94. The lowest BCUT2D eigenvalue weighted by Gasteiger charge is -2.26. The molecule has 0 saturated carbocycles. The van der Waals surface area contributed by atoms with Gasteiger partial charge in [0.15, 0.2) is 5.69 Å². The SMILES string of the molecule is COCc1c(C(=O)N(C)Cc2ccc(OC)cc2OC)nn2c1CN(C(=O)OC(C)(C)C)CCC2. The van der Waals surface area contributed by atoms with Crippen molar-refractivity contribution in [2.75, 3.05) is 34.9 Å². The van der Waals surface area contributed by atoms with Crippen molar-refractivity contribution < 1.29 is 28.5 Å². The van der Waals surface area contributed by atoms with E-state index >= 15 is 0 Å². The third-order valence-corrected chi connectivity index (χ3v) is 5.70. The van der Waals surface area contributed by atoms with Gasteiger partial charge < -0.3 is 28.7 Å². The van der Waals surface area contributed by atoms with E-state index in [0.29, 0.717) is 55.4 Å². The lowest BCUT2D eigenvalue weighted by atomic mass is 10.1. The second kappa shape index (κ2) is 11.0. The van der Waals surface area contributed by atoms with Gasteiger partial charge in [-0.25, -0.2) is 4.79 Å². The summed E-state index contributed by atoms with van der Waals surface area (Å²) in [6.07, 6.45) is 0.319. The van der Waals surface area contributed by atoms with Crippen LogP contribution in [0.3, 0.4) is 0 Å². The molecule has 1 aliphatic heterocycles. The van der Waals surface area contributed by atoms with Gasteiger partial charge in [-0.05, 0) is 39.3 Å². The molecule has 0 aliphatic carbocycles. The summed E-state index contributed by atoms with van der Waals surface area (Å²) in [7, 11) is 6.47. The molecule has 0 radical (unpaired) electrons. The first-order valence-corrected chi connectivity index (χ1v) is 11.6. The molecule has 3 rings (SSSR count). The number of amides is 2. The van der Waals surface area contributed by atoms with E-state index in [9.17, 15) is 9.59 Å². The van der Waals surface area contributed by atoms with E-state index in [-0.39, 0.29) is 18.6 Å². The maximum Gasteiger partial charge on any atom is 0.410 e. The molecule has 2 aromatic rings. The minimum Gasteiger partial charge on any atom is -0.497 e. The topological polar surface area (TPSA) is 95.4 Å². The first-order chi connectivity index (χ1) is 16.6. The van der Waals surface area contributed by atoms with E-state index in [2.05, 4.69) is 5.10 Å². The second-order valence-electron chi connectivity index (χ2n) is 9.52. The minimum absolute atomic E-state index is 0.207. The largest absolute Gasteiger partial charge is 0.497 e. The van der Waals surface area contributed by atoms with Gasteiger partial charge >= 0.3 is 6.09 Å². The average Bonchev–Trinajstić information content (AvgIpc) is 2.99. The molecule has 1 aromatic carbocycles. The van der Waals surface area contributed by atoms with Crippen molar-refractivity contribution in [1.29, 1.82) is 0 Å². The number of carbonyl (C=O) groups excluding carboxylic acids is 2. The zero-order valence-corrected chi connectivity index (χ0v) is 21.7. The zero-order valence-electron chi connectivity index (χ0n) is 21.7. The Morgan fingerprint density at radius 1 is 1.11 bits per heavy atom. The second-order valence-corrected chi connectivity index (χ2v) is 9.52. The van der Waals surface area contributed by atoms with Crippen LogP contribution in [0.1, 0.15) is 54.5 Å². The fourth-order valence-electron chi connectivity index (χ4n) is 4.01. The number of benzene rings is 1. The Bertz CT molecular complexity index is 1060. The summed E-state index contributed by atoms with van der Waals surface area (Å²) in [5.74, 6) is 1.07. The predicted molar refractivity (Wildman–Crippen MR) is 130 cm³/mol. The van der Waals surface area contributed by atoms with Crippen LogP contribution in [0.5, 0.6) is 11.5 Å². The van der Waals surface area contributed by atoms with Gasteiger partial charge in [-0.15, -0.1) is 0 Å². The first kappa shape index (κ1) is 26.3.